The lowest BCUT2D eigenvalue weighted by Gasteiger charge is -2.11. The Morgan fingerprint density at radius 1 is 1.40 bits per heavy atom. The van der Waals surface area contributed by atoms with E-state index in [4.69, 9.17) is 26.8 Å². The highest BCUT2D eigenvalue weighted by Gasteiger charge is 2.16. The number of para-hydroxylation sites is 1. The van der Waals surface area contributed by atoms with Crippen LogP contribution in [0.25, 0.3) is 0 Å². The summed E-state index contributed by atoms with van der Waals surface area (Å²) in [6.07, 6.45) is 3.07. The smallest absolute Gasteiger partial charge is 0.342 e. The second-order valence-electron chi connectivity index (χ2n) is 3.97. The number of anilines is 1. The maximum atomic E-state index is 12.0. The largest absolute Gasteiger partial charge is 0.494 e. The molecule has 0 aliphatic heterocycles. The molecule has 1 aromatic carbocycles. The standard InChI is InChI=1S/C14H13ClN2O3/c1-19-13-10(3-2-4-12(13)16)14(18)20-8-9-5-6-17-7-11(9)15/h2-7H,8,16H2,1H3. The van der Waals surface area contributed by atoms with Crippen LogP contribution in [0.2, 0.25) is 5.02 Å². The molecule has 0 radical (unpaired) electrons. The highest BCUT2D eigenvalue weighted by molar-refractivity contribution is 6.31. The van der Waals surface area contributed by atoms with Crippen LogP contribution < -0.4 is 10.5 Å². The molecule has 0 saturated carbocycles. The number of nitrogen functional groups attached to an aromatic ring is 1. The summed E-state index contributed by atoms with van der Waals surface area (Å²) in [5.74, 6) is -0.222. The first kappa shape index (κ1) is 14.1. The Balaban J connectivity index is 2.14. The average molecular weight is 293 g/mol. The molecule has 0 fully saturated rings. The number of nitrogens with two attached hydrogens (primary N) is 1. The van der Waals surface area contributed by atoms with E-state index in [-0.39, 0.29) is 12.2 Å². The number of ether oxygens (including phenoxy) is 2. The molecule has 2 rings (SSSR count). The molecule has 1 heterocycles. The number of nitrogens with zero attached hydrogens (tertiary/aromatic N) is 1. The predicted molar refractivity (Wildman–Crippen MR) is 75.8 cm³/mol. The molecule has 0 saturated heterocycles. The summed E-state index contributed by atoms with van der Waals surface area (Å²) in [7, 11) is 1.45. The number of aromatic nitrogens is 1. The van der Waals surface area contributed by atoms with Gasteiger partial charge in [0.1, 0.15) is 12.2 Å². The molecule has 20 heavy (non-hydrogen) atoms. The van der Waals surface area contributed by atoms with E-state index in [9.17, 15) is 4.79 Å². The van der Waals surface area contributed by atoms with Crippen LogP contribution in [-0.2, 0) is 11.3 Å². The Bertz CT molecular complexity index is 632. The van der Waals surface area contributed by atoms with Gasteiger partial charge in [-0.3, -0.25) is 4.98 Å². The van der Waals surface area contributed by atoms with Crippen molar-refractivity contribution in [3.8, 4) is 5.75 Å². The van der Waals surface area contributed by atoms with Gasteiger partial charge < -0.3 is 15.2 Å². The average Bonchev–Trinajstić information content (AvgIpc) is 2.46. The third-order valence-electron chi connectivity index (χ3n) is 2.68. The summed E-state index contributed by atoms with van der Waals surface area (Å²) >= 11 is 5.94. The maximum absolute atomic E-state index is 12.0. The molecule has 0 unspecified atom stereocenters. The fourth-order valence-electron chi connectivity index (χ4n) is 1.69. The number of esters is 1. The predicted octanol–water partition coefficient (Wildman–Crippen LogP) is 2.68. The lowest BCUT2D eigenvalue weighted by atomic mass is 10.1. The van der Waals surface area contributed by atoms with Crippen molar-refractivity contribution in [3.05, 3.63) is 52.8 Å². The molecule has 104 valence electrons. The van der Waals surface area contributed by atoms with Crippen LogP contribution in [0, 0.1) is 0 Å². The van der Waals surface area contributed by atoms with Crippen molar-refractivity contribution in [1.82, 2.24) is 4.98 Å². The minimum atomic E-state index is -0.526. The van der Waals surface area contributed by atoms with Gasteiger partial charge >= 0.3 is 5.97 Å². The molecule has 2 aromatic rings. The maximum Gasteiger partial charge on any atom is 0.342 e. The Hall–Kier alpha value is -2.27. The topological polar surface area (TPSA) is 74.4 Å². The van der Waals surface area contributed by atoms with Gasteiger partial charge in [-0.2, -0.15) is 0 Å². The normalized spacial score (nSPS) is 10.1. The Kier molecular flexibility index (Phi) is 4.42. The Morgan fingerprint density at radius 2 is 2.20 bits per heavy atom. The van der Waals surface area contributed by atoms with E-state index < -0.39 is 5.97 Å². The van der Waals surface area contributed by atoms with Crippen LogP contribution >= 0.6 is 11.6 Å². The fourth-order valence-corrected chi connectivity index (χ4v) is 1.86. The SMILES string of the molecule is COc1c(N)cccc1C(=O)OCc1ccncc1Cl. The molecule has 0 aliphatic rings. The molecule has 6 heteroatoms. The quantitative estimate of drug-likeness (QED) is 0.693. The number of methoxy groups -OCH3 is 1. The molecule has 1 aromatic heterocycles. The molecule has 2 N–H and O–H groups in total. The molecular weight excluding hydrogens is 280 g/mol. The van der Waals surface area contributed by atoms with Crippen molar-refractivity contribution in [2.24, 2.45) is 0 Å². The van der Waals surface area contributed by atoms with E-state index in [0.717, 1.165) is 0 Å². The van der Waals surface area contributed by atoms with E-state index in [1.807, 2.05) is 0 Å². The van der Waals surface area contributed by atoms with Crippen LogP contribution in [0.3, 0.4) is 0 Å². The lowest BCUT2D eigenvalue weighted by molar-refractivity contribution is 0.0469. The Labute approximate surface area is 121 Å². The van der Waals surface area contributed by atoms with Gasteiger partial charge in [-0.15, -0.1) is 0 Å². The van der Waals surface area contributed by atoms with Crippen molar-refractivity contribution in [3.63, 3.8) is 0 Å². The third kappa shape index (κ3) is 3.00. The van der Waals surface area contributed by atoms with Gasteiger partial charge in [0.15, 0.2) is 5.75 Å². The van der Waals surface area contributed by atoms with Gasteiger partial charge in [0.25, 0.3) is 0 Å². The van der Waals surface area contributed by atoms with Crippen LogP contribution in [0.15, 0.2) is 36.7 Å². The second-order valence-corrected chi connectivity index (χ2v) is 4.38. The number of carbonyl (C=O) groups is 1. The van der Waals surface area contributed by atoms with Gasteiger partial charge in [-0.05, 0) is 18.2 Å². The molecule has 0 amide bonds. The van der Waals surface area contributed by atoms with E-state index in [2.05, 4.69) is 4.98 Å². The Morgan fingerprint density at radius 3 is 2.90 bits per heavy atom. The van der Waals surface area contributed by atoms with E-state index in [0.29, 0.717) is 22.0 Å². The van der Waals surface area contributed by atoms with Crippen molar-refractivity contribution in [1.29, 1.82) is 0 Å². The first-order chi connectivity index (χ1) is 9.63. The molecule has 0 bridgehead atoms. The first-order valence-electron chi connectivity index (χ1n) is 5.81. The monoisotopic (exact) mass is 292 g/mol. The summed E-state index contributed by atoms with van der Waals surface area (Å²) in [6, 6.07) is 6.58. The molecular formula is C14H13ClN2O3. The zero-order chi connectivity index (χ0) is 14.5. The van der Waals surface area contributed by atoms with E-state index in [1.165, 1.54) is 13.3 Å². The summed E-state index contributed by atoms with van der Waals surface area (Å²) in [4.78, 5) is 15.9. The minimum absolute atomic E-state index is 0.0537. The molecule has 5 nitrogen and oxygen atoms in total. The van der Waals surface area contributed by atoms with Crippen molar-refractivity contribution >= 4 is 23.3 Å². The van der Waals surface area contributed by atoms with E-state index >= 15 is 0 Å². The summed E-state index contributed by atoms with van der Waals surface area (Å²) in [5, 5.41) is 0.444. The van der Waals surface area contributed by atoms with Crippen LogP contribution in [-0.4, -0.2) is 18.1 Å². The second kappa shape index (κ2) is 6.25. The number of pyridine rings is 1. The number of halogens is 1. The van der Waals surface area contributed by atoms with Gasteiger partial charge in [0, 0.05) is 18.0 Å². The zero-order valence-corrected chi connectivity index (χ0v) is 11.6. The van der Waals surface area contributed by atoms with Crippen LogP contribution in [0.5, 0.6) is 5.75 Å². The lowest BCUT2D eigenvalue weighted by Crippen LogP contribution is -2.08. The highest BCUT2D eigenvalue weighted by Crippen LogP contribution is 2.27. The molecule has 0 aliphatic carbocycles. The van der Waals surface area contributed by atoms with Gasteiger partial charge in [-0.25, -0.2) is 4.79 Å². The fraction of sp³-hybridized carbons (Fsp3) is 0.143. The highest BCUT2D eigenvalue weighted by atomic mass is 35.5. The van der Waals surface area contributed by atoms with Crippen molar-refractivity contribution < 1.29 is 14.3 Å². The summed E-state index contributed by atoms with van der Waals surface area (Å²) < 4.78 is 10.3. The number of carbonyl (C=O) groups excluding carboxylic acids is 1. The van der Waals surface area contributed by atoms with Gasteiger partial charge in [0.05, 0.1) is 17.8 Å². The van der Waals surface area contributed by atoms with Crippen molar-refractivity contribution in [2.45, 2.75) is 6.61 Å². The number of rotatable bonds is 4. The van der Waals surface area contributed by atoms with Gasteiger partial charge in [0.2, 0.25) is 0 Å². The summed E-state index contributed by atoms with van der Waals surface area (Å²) in [6.45, 7) is 0.0537. The van der Waals surface area contributed by atoms with Crippen LogP contribution in [0.4, 0.5) is 5.69 Å². The van der Waals surface area contributed by atoms with Gasteiger partial charge in [-0.1, -0.05) is 17.7 Å². The third-order valence-corrected chi connectivity index (χ3v) is 3.03. The molecule has 0 spiro atoms. The number of benzene rings is 1. The summed E-state index contributed by atoms with van der Waals surface area (Å²) in [5.41, 5.74) is 7.07. The van der Waals surface area contributed by atoms with Crippen LogP contribution in [0.1, 0.15) is 15.9 Å². The number of hydrogen-bond acceptors (Lipinski definition) is 5. The molecule has 0 atom stereocenters. The zero-order valence-electron chi connectivity index (χ0n) is 10.8. The number of hydrogen-bond donors (Lipinski definition) is 1. The first-order valence-corrected chi connectivity index (χ1v) is 6.19. The van der Waals surface area contributed by atoms with E-state index in [1.54, 1.807) is 30.5 Å². The van der Waals surface area contributed by atoms with Crippen molar-refractivity contribution in [2.75, 3.05) is 12.8 Å². The minimum Gasteiger partial charge on any atom is -0.494 e.